The molecule has 0 heterocycles. The SMILES string of the molecule is CCC(C)c1ccc(Oc2ccc(N)c(C(N)=O)c2)cc1. The van der Waals surface area contributed by atoms with Crippen LogP contribution in [0.15, 0.2) is 42.5 Å². The summed E-state index contributed by atoms with van der Waals surface area (Å²) in [5, 5.41) is 0. The number of carbonyl (C=O) groups excluding carboxylic acids is 1. The number of hydrogen-bond donors (Lipinski definition) is 2. The van der Waals surface area contributed by atoms with E-state index in [4.69, 9.17) is 16.2 Å². The fraction of sp³-hybridized carbons (Fsp3) is 0.235. The van der Waals surface area contributed by atoms with Crippen LogP contribution in [0.2, 0.25) is 0 Å². The van der Waals surface area contributed by atoms with Crippen LogP contribution in [0.25, 0.3) is 0 Å². The summed E-state index contributed by atoms with van der Waals surface area (Å²) in [5.41, 5.74) is 12.9. The highest BCUT2D eigenvalue weighted by atomic mass is 16.5. The summed E-state index contributed by atoms with van der Waals surface area (Å²) in [7, 11) is 0. The quantitative estimate of drug-likeness (QED) is 0.822. The smallest absolute Gasteiger partial charge is 0.250 e. The number of ether oxygens (including phenoxy) is 1. The number of hydrogen-bond acceptors (Lipinski definition) is 3. The van der Waals surface area contributed by atoms with E-state index in [-0.39, 0.29) is 5.56 Å². The van der Waals surface area contributed by atoms with Gasteiger partial charge < -0.3 is 16.2 Å². The predicted molar refractivity (Wildman–Crippen MR) is 84.6 cm³/mol. The van der Waals surface area contributed by atoms with Gasteiger partial charge in [-0.1, -0.05) is 26.0 Å². The summed E-state index contributed by atoms with van der Waals surface area (Å²) in [4.78, 5) is 11.3. The van der Waals surface area contributed by atoms with Crippen molar-refractivity contribution in [3.05, 3.63) is 53.6 Å². The number of nitrogen functional groups attached to an aromatic ring is 1. The molecule has 4 nitrogen and oxygen atoms in total. The zero-order valence-corrected chi connectivity index (χ0v) is 12.3. The molecule has 0 aliphatic heterocycles. The Morgan fingerprint density at radius 3 is 2.33 bits per heavy atom. The molecular weight excluding hydrogens is 264 g/mol. The van der Waals surface area contributed by atoms with Crippen LogP contribution in [0.5, 0.6) is 11.5 Å². The summed E-state index contributed by atoms with van der Waals surface area (Å²) in [5.74, 6) is 1.21. The van der Waals surface area contributed by atoms with Crippen LogP contribution in [0.1, 0.15) is 42.1 Å². The maximum absolute atomic E-state index is 11.3. The lowest BCUT2D eigenvalue weighted by atomic mass is 9.99. The Morgan fingerprint density at radius 2 is 1.76 bits per heavy atom. The lowest BCUT2D eigenvalue weighted by molar-refractivity contribution is 0.100. The number of carbonyl (C=O) groups is 1. The Bertz CT molecular complexity index is 636. The zero-order valence-electron chi connectivity index (χ0n) is 12.3. The fourth-order valence-corrected chi connectivity index (χ4v) is 2.05. The molecular formula is C17H20N2O2. The average molecular weight is 284 g/mol. The summed E-state index contributed by atoms with van der Waals surface area (Å²) in [6, 6.07) is 12.8. The minimum atomic E-state index is -0.565. The summed E-state index contributed by atoms with van der Waals surface area (Å²) < 4.78 is 5.73. The largest absolute Gasteiger partial charge is 0.457 e. The molecule has 0 saturated carbocycles. The van der Waals surface area contributed by atoms with Gasteiger partial charge in [-0.15, -0.1) is 0 Å². The monoisotopic (exact) mass is 284 g/mol. The molecule has 4 heteroatoms. The van der Waals surface area contributed by atoms with Gasteiger partial charge in [0.05, 0.1) is 5.56 Å². The third kappa shape index (κ3) is 3.54. The minimum absolute atomic E-state index is 0.267. The molecule has 0 radical (unpaired) electrons. The number of nitrogens with two attached hydrogens (primary N) is 2. The zero-order chi connectivity index (χ0) is 15.4. The molecule has 4 N–H and O–H groups in total. The molecule has 0 saturated heterocycles. The molecule has 0 aliphatic rings. The first-order valence-corrected chi connectivity index (χ1v) is 6.98. The van der Waals surface area contributed by atoms with Gasteiger partial charge in [0, 0.05) is 5.69 Å². The van der Waals surface area contributed by atoms with Crippen molar-refractivity contribution in [1.29, 1.82) is 0 Å². The first-order valence-electron chi connectivity index (χ1n) is 6.98. The van der Waals surface area contributed by atoms with E-state index in [2.05, 4.69) is 26.0 Å². The van der Waals surface area contributed by atoms with Gasteiger partial charge >= 0.3 is 0 Å². The number of benzene rings is 2. The van der Waals surface area contributed by atoms with Gasteiger partial charge in [0.15, 0.2) is 0 Å². The van der Waals surface area contributed by atoms with Crippen molar-refractivity contribution in [2.45, 2.75) is 26.2 Å². The van der Waals surface area contributed by atoms with E-state index in [1.165, 1.54) is 5.56 Å². The van der Waals surface area contributed by atoms with E-state index in [1.807, 2.05) is 12.1 Å². The van der Waals surface area contributed by atoms with Crippen LogP contribution < -0.4 is 16.2 Å². The van der Waals surface area contributed by atoms with Crippen molar-refractivity contribution in [2.24, 2.45) is 5.73 Å². The van der Waals surface area contributed by atoms with E-state index in [9.17, 15) is 4.79 Å². The molecule has 2 aromatic rings. The average Bonchev–Trinajstić information content (AvgIpc) is 2.49. The Labute approximate surface area is 124 Å². The van der Waals surface area contributed by atoms with Crippen molar-refractivity contribution < 1.29 is 9.53 Å². The summed E-state index contributed by atoms with van der Waals surface area (Å²) in [6.07, 6.45) is 1.10. The van der Waals surface area contributed by atoms with Gasteiger partial charge in [0.2, 0.25) is 0 Å². The van der Waals surface area contributed by atoms with Crippen molar-refractivity contribution in [1.82, 2.24) is 0 Å². The van der Waals surface area contributed by atoms with E-state index >= 15 is 0 Å². The van der Waals surface area contributed by atoms with Crippen LogP contribution in [0.3, 0.4) is 0 Å². The topological polar surface area (TPSA) is 78.3 Å². The van der Waals surface area contributed by atoms with Crippen molar-refractivity contribution in [3.8, 4) is 11.5 Å². The fourth-order valence-electron chi connectivity index (χ4n) is 2.05. The summed E-state index contributed by atoms with van der Waals surface area (Å²) >= 11 is 0. The van der Waals surface area contributed by atoms with Crippen molar-refractivity contribution >= 4 is 11.6 Å². The van der Waals surface area contributed by atoms with E-state index in [0.29, 0.717) is 23.1 Å². The van der Waals surface area contributed by atoms with Gasteiger partial charge in [0.25, 0.3) is 5.91 Å². The Hall–Kier alpha value is -2.49. The van der Waals surface area contributed by atoms with Crippen LogP contribution in [0, 0.1) is 0 Å². The molecule has 1 atom stereocenters. The molecule has 0 aromatic heterocycles. The van der Waals surface area contributed by atoms with Gasteiger partial charge in [0.1, 0.15) is 11.5 Å². The van der Waals surface area contributed by atoms with Crippen molar-refractivity contribution in [2.75, 3.05) is 5.73 Å². The predicted octanol–water partition coefficient (Wildman–Crippen LogP) is 3.67. The van der Waals surface area contributed by atoms with Gasteiger partial charge in [-0.2, -0.15) is 0 Å². The molecule has 1 amide bonds. The molecule has 110 valence electrons. The Morgan fingerprint density at radius 1 is 1.14 bits per heavy atom. The second-order valence-electron chi connectivity index (χ2n) is 5.09. The Kier molecular flexibility index (Phi) is 4.48. The maximum Gasteiger partial charge on any atom is 0.250 e. The second-order valence-corrected chi connectivity index (χ2v) is 5.09. The number of amides is 1. The highest BCUT2D eigenvalue weighted by Gasteiger charge is 2.08. The molecule has 2 rings (SSSR count). The van der Waals surface area contributed by atoms with E-state index < -0.39 is 5.91 Å². The van der Waals surface area contributed by atoms with Crippen molar-refractivity contribution in [3.63, 3.8) is 0 Å². The van der Waals surface area contributed by atoms with Crippen LogP contribution >= 0.6 is 0 Å². The van der Waals surface area contributed by atoms with Gasteiger partial charge in [-0.3, -0.25) is 4.79 Å². The molecule has 0 fully saturated rings. The highest BCUT2D eigenvalue weighted by Crippen LogP contribution is 2.27. The third-order valence-electron chi connectivity index (χ3n) is 3.59. The molecule has 0 spiro atoms. The molecule has 0 aliphatic carbocycles. The lowest BCUT2D eigenvalue weighted by Gasteiger charge is -2.11. The molecule has 2 aromatic carbocycles. The van der Waals surface area contributed by atoms with E-state index in [1.54, 1.807) is 18.2 Å². The maximum atomic E-state index is 11.3. The number of anilines is 1. The number of rotatable bonds is 5. The van der Waals surface area contributed by atoms with Gasteiger partial charge in [-0.25, -0.2) is 0 Å². The van der Waals surface area contributed by atoms with Gasteiger partial charge in [-0.05, 0) is 48.2 Å². The third-order valence-corrected chi connectivity index (χ3v) is 3.59. The molecule has 0 bridgehead atoms. The molecule has 21 heavy (non-hydrogen) atoms. The highest BCUT2D eigenvalue weighted by molar-refractivity contribution is 5.98. The lowest BCUT2D eigenvalue weighted by Crippen LogP contribution is -2.13. The van der Waals surface area contributed by atoms with Crippen LogP contribution in [-0.2, 0) is 0 Å². The standard InChI is InChI=1S/C17H20N2O2/c1-3-11(2)12-4-6-13(7-5-12)21-14-8-9-16(18)15(10-14)17(19)20/h4-11H,3,18H2,1-2H3,(H2,19,20). The summed E-state index contributed by atoms with van der Waals surface area (Å²) in [6.45, 7) is 4.35. The number of primary amides is 1. The molecule has 1 unspecified atom stereocenters. The first-order chi connectivity index (χ1) is 10.0. The second kappa shape index (κ2) is 6.31. The van der Waals surface area contributed by atoms with E-state index in [0.717, 1.165) is 6.42 Å². The van der Waals surface area contributed by atoms with Crippen LogP contribution in [0.4, 0.5) is 5.69 Å². The first kappa shape index (κ1) is 14.9. The minimum Gasteiger partial charge on any atom is -0.457 e. The normalized spacial score (nSPS) is 11.9. The Balaban J connectivity index is 2.18. The van der Waals surface area contributed by atoms with Crippen LogP contribution in [-0.4, -0.2) is 5.91 Å².